The first-order valence-electron chi connectivity index (χ1n) is 9.39. The number of nitrogens with one attached hydrogen (secondary N) is 1. The van der Waals surface area contributed by atoms with Crippen LogP contribution in [0.15, 0.2) is 21.1 Å². The van der Waals surface area contributed by atoms with Gasteiger partial charge in [-0.2, -0.15) is 0 Å². The molecular weight excluding hydrogens is 456 g/mol. The molecule has 13 heteroatoms. The third-order valence-electron chi connectivity index (χ3n) is 4.89. The Morgan fingerprint density at radius 2 is 2.25 bits per heavy atom. The van der Waals surface area contributed by atoms with Crippen LogP contribution in [0.2, 0.25) is 0 Å². The zero-order valence-corrected chi connectivity index (χ0v) is 19.3. The number of carboxylic acid groups (broad SMARTS) is 1. The number of likely N-dealkylation sites (N-methyl/N-ethyl adjacent to an activating group) is 1. The second-order valence-electron chi connectivity index (χ2n) is 7.75. The summed E-state index contributed by atoms with van der Waals surface area (Å²) < 4.78 is 0.357. The SMILES string of the molecule is C#CC[N+](C)(C)CC1=C(C(=O)[O-])N2C(=O)C(NC(=O)C(=NOC)c3csc(N)n3)C2CS1. The van der Waals surface area contributed by atoms with E-state index in [1.165, 1.54) is 29.2 Å². The highest BCUT2D eigenvalue weighted by atomic mass is 32.2. The van der Waals surface area contributed by atoms with E-state index in [1.807, 2.05) is 14.1 Å². The number of aromatic nitrogens is 1. The third kappa shape index (κ3) is 4.57. The molecule has 0 aromatic carbocycles. The molecule has 0 bridgehead atoms. The van der Waals surface area contributed by atoms with Gasteiger partial charge in [-0.05, 0) is 5.92 Å². The van der Waals surface area contributed by atoms with E-state index in [0.29, 0.717) is 28.2 Å². The Bertz CT molecular complexity index is 1060. The number of nitrogens with zero attached hydrogens (tertiary/aromatic N) is 4. The van der Waals surface area contributed by atoms with Crippen molar-refractivity contribution in [2.45, 2.75) is 12.1 Å². The Hall–Kier alpha value is -3.08. The highest BCUT2D eigenvalue weighted by Gasteiger charge is 2.53. The number of carboxylic acids is 1. The number of fused-ring (bicyclic) bond motifs is 1. The first-order chi connectivity index (χ1) is 15.1. The molecule has 2 amide bonds. The summed E-state index contributed by atoms with van der Waals surface area (Å²) in [5.41, 5.74) is 5.51. The quantitative estimate of drug-likeness (QED) is 0.146. The number of hydrogen-bond donors (Lipinski definition) is 2. The number of thiazole rings is 1. The molecule has 1 aromatic heterocycles. The van der Waals surface area contributed by atoms with Gasteiger partial charge in [0.2, 0.25) is 0 Å². The van der Waals surface area contributed by atoms with Gasteiger partial charge in [-0.15, -0.1) is 29.5 Å². The summed E-state index contributed by atoms with van der Waals surface area (Å²) in [6.45, 7) is 0.727. The van der Waals surface area contributed by atoms with Crippen molar-refractivity contribution in [3.8, 4) is 12.3 Å². The van der Waals surface area contributed by atoms with E-state index in [1.54, 1.807) is 0 Å². The number of thioether (sulfide) groups is 1. The van der Waals surface area contributed by atoms with Gasteiger partial charge in [-0.1, -0.05) is 5.16 Å². The van der Waals surface area contributed by atoms with Gasteiger partial charge in [-0.3, -0.25) is 9.59 Å². The molecule has 2 aliphatic heterocycles. The summed E-state index contributed by atoms with van der Waals surface area (Å²) in [7, 11) is 5.01. The van der Waals surface area contributed by atoms with Crippen LogP contribution in [0.5, 0.6) is 0 Å². The Balaban J connectivity index is 1.80. The number of carbonyl (C=O) groups excluding carboxylic acids is 3. The summed E-state index contributed by atoms with van der Waals surface area (Å²) in [5.74, 6) is 0.290. The number of oxime groups is 1. The maximum atomic E-state index is 12.8. The molecule has 0 radical (unpaired) electrons. The Kier molecular flexibility index (Phi) is 6.77. The van der Waals surface area contributed by atoms with Crippen molar-refractivity contribution in [3.05, 3.63) is 21.7 Å². The van der Waals surface area contributed by atoms with E-state index in [4.69, 9.17) is 17.0 Å². The fourth-order valence-electron chi connectivity index (χ4n) is 3.46. The number of aliphatic carboxylic acids is 1. The van der Waals surface area contributed by atoms with Crippen LogP contribution >= 0.6 is 23.1 Å². The summed E-state index contributed by atoms with van der Waals surface area (Å²) in [5, 5.41) is 20.0. The summed E-state index contributed by atoms with van der Waals surface area (Å²) in [4.78, 5) is 47.9. The second-order valence-corrected chi connectivity index (χ2v) is 9.75. The van der Waals surface area contributed by atoms with E-state index >= 15 is 0 Å². The van der Waals surface area contributed by atoms with Gasteiger partial charge in [0.25, 0.3) is 11.8 Å². The van der Waals surface area contributed by atoms with Crippen LogP contribution in [-0.4, -0.2) is 90.0 Å². The predicted octanol–water partition coefficient (Wildman–Crippen LogP) is -1.81. The topological polar surface area (TPSA) is 150 Å². The molecule has 3 heterocycles. The molecule has 1 saturated heterocycles. The fraction of sp³-hybridized carbons (Fsp3) is 0.421. The van der Waals surface area contributed by atoms with Gasteiger partial charge in [0.1, 0.15) is 31.9 Å². The molecule has 170 valence electrons. The number of carbonyl (C=O) groups is 3. The van der Waals surface area contributed by atoms with E-state index in [0.717, 1.165) is 11.3 Å². The lowest BCUT2D eigenvalue weighted by atomic mass is 9.94. The highest BCUT2D eigenvalue weighted by molar-refractivity contribution is 8.03. The smallest absolute Gasteiger partial charge is 0.276 e. The number of amides is 2. The van der Waals surface area contributed by atoms with Gasteiger partial charge in [-0.25, -0.2) is 4.98 Å². The molecule has 0 saturated carbocycles. The van der Waals surface area contributed by atoms with Crippen molar-refractivity contribution in [2.24, 2.45) is 5.16 Å². The fourth-order valence-corrected chi connectivity index (χ4v) is 5.48. The standard InChI is InChI=1S/C19H22N6O5S2/c1-5-6-25(2,3)7-12-15(18(28)29)24-11(9-31-12)14(17(24)27)22-16(26)13(23-30-4)10-8-32-19(20)21-10/h1,8,11,14H,6-7,9H2,2-4H3,(H3-,20,21,22,26,28,29). The van der Waals surface area contributed by atoms with Gasteiger partial charge in [0, 0.05) is 11.1 Å². The van der Waals surface area contributed by atoms with Crippen molar-refractivity contribution in [1.29, 1.82) is 0 Å². The molecule has 2 aliphatic rings. The minimum Gasteiger partial charge on any atom is -0.543 e. The lowest BCUT2D eigenvalue weighted by Crippen LogP contribution is -2.73. The molecule has 3 N–H and O–H groups in total. The largest absolute Gasteiger partial charge is 0.543 e. The van der Waals surface area contributed by atoms with Crippen molar-refractivity contribution in [3.63, 3.8) is 0 Å². The molecule has 2 unspecified atom stereocenters. The number of rotatable bonds is 8. The lowest BCUT2D eigenvalue weighted by molar-refractivity contribution is -0.877. The average molecular weight is 479 g/mol. The van der Waals surface area contributed by atoms with Gasteiger partial charge < -0.3 is 35.2 Å². The second kappa shape index (κ2) is 9.19. The van der Waals surface area contributed by atoms with Gasteiger partial charge >= 0.3 is 0 Å². The number of nitrogens with two attached hydrogens (primary N) is 1. The normalized spacial score (nSPS) is 20.9. The first kappa shape index (κ1) is 23.6. The van der Waals surface area contributed by atoms with Crippen molar-refractivity contribution < 1.29 is 28.8 Å². The van der Waals surface area contributed by atoms with Crippen molar-refractivity contribution in [2.75, 3.05) is 45.8 Å². The molecular formula is C19H22N6O5S2. The molecule has 32 heavy (non-hydrogen) atoms. The molecule has 11 nitrogen and oxygen atoms in total. The van der Waals surface area contributed by atoms with Crippen LogP contribution in [0.3, 0.4) is 0 Å². The maximum absolute atomic E-state index is 12.8. The van der Waals surface area contributed by atoms with Crippen LogP contribution in [-0.2, 0) is 19.2 Å². The molecule has 1 aromatic rings. The van der Waals surface area contributed by atoms with Crippen LogP contribution in [0.25, 0.3) is 0 Å². The van der Waals surface area contributed by atoms with Gasteiger partial charge in [0.05, 0.1) is 36.7 Å². The maximum Gasteiger partial charge on any atom is 0.276 e. The Morgan fingerprint density at radius 3 is 2.81 bits per heavy atom. The van der Waals surface area contributed by atoms with E-state index in [9.17, 15) is 19.5 Å². The number of β-lactam (4-membered cyclic amide) rings is 1. The average Bonchev–Trinajstić information content (AvgIpc) is 3.14. The minimum atomic E-state index is -1.45. The van der Waals surface area contributed by atoms with Crippen LogP contribution in [0.1, 0.15) is 5.69 Å². The summed E-state index contributed by atoms with van der Waals surface area (Å²) in [6.07, 6.45) is 5.40. The summed E-state index contributed by atoms with van der Waals surface area (Å²) in [6, 6.07) is -1.46. The number of hydrogen-bond acceptors (Lipinski definition) is 10. The molecule has 1 fully saturated rings. The number of terminal acetylenes is 1. The highest BCUT2D eigenvalue weighted by Crippen LogP contribution is 2.39. The molecule has 3 rings (SSSR count). The first-order valence-corrected chi connectivity index (χ1v) is 11.3. The number of quaternary nitrogens is 1. The molecule has 0 spiro atoms. The lowest BCUT2D eigenvalue weighted by Gasteiger charge is -2.51. The Labute approximate surface area is 192 Å². The monoisotopic (exact) mass is 478 g/mol. The number of anilines is 1. The number of nitrogen functional groups attached to an aromatic ring is 1. The third-order valence-corrected chi connectivity index (χ3v) is 6.74. The minimum absolute atomic E-state index is 0.139. The van der Waals surface area contributed by atoms with Crippen molar-refractivity contribution >= 4 is 51.7 Å². The Morgan fingerprint density at radius 1 is 1.53 bits per heavy atom. The predicted molar refractivity (Wildman–Crippen MR) is 118 cm³/mol. The van der Waals surface area contributed by atoms with Crippen LogP contribution in [0.4, 0.5) is 5.13 Å². The zero-order valence-electron chi connectivity index (χ0n) is 17.7. The van der Waals surface area contributed by atoms with E-state index in [-0.39, 0.29) is 22.2 Å². The van der Waals surface area contributed by atoms with Crippen LogP contribution in [0, 0.1) is 12.3 Å². The van der Waals surface area contributed by atoms with E-state index < -0.39 is 29.9 Å². The summed E-state index contributed by atoms with van der Waals surface area (Å²) >= 11 is 2.44. The molecule has 2 atom stereocenters. The molecule has 0 aliphatic carbocycles. The van der Waals surface area contributed by atoms with Crippen molar-refractivity contribution in [1.82, 2.24) is 15.2 Å². The van der Waals surface area contributed by atoms with Crippen LogP contribution < -0.4 is 16.2 Å². The van der Waals surface area contributed by atoms with E-state index in [2.05, 4.69) is 21.4 Å². The zero-order chi connectivity index (χ0) is 23.6. The van der Waals surface area contributed by atoms with Gasteiger partial charge in [0.15, 0.2) is 10.8 Å².